The summed E-state index contributed by atoms with van der Waals surface area (Å²) in [5.41, 5.74) is 2.69. The van der Waals surface area contributed by atoms with Gasteiger partial charge in [-0.2, -0.15) is 0 Å². The van der Waals surface area contributed by atoms with Gasteiger partial charge in [-0.1, -0.05) is 25.5 Å². The van der Waals surface area contributed by atoms with Gasteiger partial charge in [0.05, 0.1) is 18.2 Å². The van der Waals surface area contributed by atoms with Crippen LogP contribution in [0, 0.1) is 0 Å². The number of unbranched alkanes of at least 4 members (excludes halogenated alkanes) is 1. The van der Waals surface area contributed by atoms with Crippen LogP contribution in [0.2, 0.25) is 0 Å². The number of amides is 1. The number of carbonyl (C=O) groups excluding carboxylic acids is 2. The fourth-order valence-corrected chi connectivity index (χ4v) is 3.26. The lowest BCUT2D eigenvalue weighted by atomic mass is 9.95. The molecular weight excluding hydrogens is 390 g/mol. The molecule has 0 saturated carbocycles. The molecule has 158 valence electrons. The molecule has 7 nitrogen and oxygen atoms in total. The first-order valence-corrected chi connectivity index (χ1v) is 10.1. The second-order valence-corrected chi connectivity index (χ2v) is 7.23. The van der Waals surface area contributed by atoms with Gasteiger partial charge < -0.3 is 25.0 Å². The summed E-state index contributed by atoms with van der Waals surface area (Å²) in [4.78, 5) is 26.6. The molecule has 0 radical (unpaired) electrons. The van der Waals surface area contributed by atoms with Gasteiger partial charge in [0.2, 0.25) is 5.91 Å². The molecule has 1 aromatic carbocycles. The molecule has 1 amide bonds. The molecule has 2 N–H and O–H groups in total. The topological polar surface area (TPSA) is 79.9 Å². The van der Waals surface area contributed by atoms with E-state index < -0.39 is 12.0 Å². The lowest BCUT2D eigenvalue weighted by molar-refractivity contribution is -0.140. The zero-order chi connectivity index (χ0) is 21.4. The molecule has 1 atom stereocenters. The van der Waals surface area contributed by atoms with E-state index in [1.54, 1.807) is 19.1 Å². The van der Waals surface area contributed by atoms with Gasteiger partial charge in [-0.05, 0) is 43.3 Å². The number of benzene rings is 1. The van der Waals surface area contributed by atoms with Crippen molar-refractivity contribution in [2.24, 2.45) is 0 Å². The Morgan fingerprint density at radius 3 is 2.76 bits per heavy atom. The highest BCUT2D eigenvalue weighted by atomic mass is 32.1. The van der Waals surface area contributed by atoms with Gasteiger partial charge in [0.25, 0.3) is 0 Å². The van der Waals surface area contributed by atoms with Crippen LogP contribution in [0.4, 0.5) is 5.69 Å². The number of ether oxygens (including phenoxy) is 2. The second kappa shape index (κ2) is 10.9. The molecule has 0 fully saturated rings. The van der Waals surface area contributed by atoms with Crippen LogP contribution in [0.1, 0.15) is 44.7 Å². The molecule has 1 aliphatic rings. The maximum atomic E-state index is 12.8. The van der Waals surface area contributed by atoms with E-state index in [4.69, 9.17) is 21.7 Å². The Labute approximate surface area is 177 Å². The van der Waals surface area contributed by atoms with Crippen molar-refractivity contribution in [2.45, 2.75) is 39.2 Å². The van der Waals surface area contributed by atoms with Crippen molar-refractivity contribution in [3.8, 4) is 0 Å². The highest BCUT2D eigenvalue weighted by Gasteiger charge is 2.33. The van der Waals surface area contributed by atoms with E-state index in [0.717, 1.165) is 24.1 Å². The van der Waals surface area contributed by atoms with E-state index in [0.29, 0.717) is 29.4 Å². The van der Waals surface area contributed by atoms with Gasteiger partial charge in [-0.15, -0.1) is 0 Å². The Balaban J connectivity index is 2.29. The highest BCUT2D eigenvalue weighted by molar-refractivity contribution is 7.80. The average molecular weight is 420 g/mol. The van der Waals surface area contributed by atoms with Crippen LogP contribution in [0.15, 0.2) is 35.5 Å². The zero-order valence-electron chi connectivity index (χ0n) is 17.4. The molecular formula is C21H29N3O4S. The summed E-state index contributed by atoms with van der Waals surface area (Å²) in [5.74, 6) is -0.453. The Kier molecular flexibility index (Phi) is 8.60. The van der Waals surface area contributed by atoms with E-state index in [1.807, 2.05) is 38.1 Å². The number of carbonyl (C=O) groups is 2. The van der Waals surface area contributed by atoms with Crippen LogP contribution in [0.3, 0.4) is 0 Å². The number of esters is 1. The second-order valence-electron chi connectivity index (χ2n) is 6.85. The molecule has 29 heavy (non-hydrogen) atoms. The number of methoxy groups -OCH3 is 1. The van der Waals surface area contributed by atoms with Crippen LogP contribution in [-0.4, -0.2) is 49.3 Å². The number of nitrogens with zero attached hydrogens (tertiary/aromatic N) is 1. The summed E-state index contributed by atoms with van der Waals surface area (Å²) in [5, 5.41) is 6.63. The summed E-state index contributed by atoms with van der Waals surface area (Å²) in [6, 6.07) is 6.94. The standard InChI is InChI=1S/C21H29N3O4S/c1-5-6-10-17(25)22-16-9-7-8-15(13-16)19-18(20(26)28-12-11-27-4)14(2)24(3)21(29)23-19/h7-9,13,19H,5-6,10-12H2,1-4H3,(H,22,25)(H,23,29)/t19-/m0/s1. The fraction of sp³-hybridized carbons (Fsp3) is 0.476. The Morgan fingerprint density at radius 1 is 1.31 bits per heavy atom. The quantitative estimate of drug-likeness (QED) is 0.362. The first kappa shape index (κ1) is 22.8. The van der Waals surface area contributed by atoms with E-state index in [2.05, 4.69) is 10.6 Å². The van der Waals surface area contributed by atoms with E-state index >= 15 is 0 Å². The van der Waals surface area contributed by atoms with E-state index in [9.17, 15) is 9.59 Å². The lowest BCUT2D eigenvalue weighted by Gasteiger charge is -2.35. The van der Waals surface area contributed by atoms with Gasteiger partial charge >= 0.3 is 5.97 Å². The van der Waals surface area contributed by atoms with Crippen molar-refractivity contribution < 1.29 is 19.1 Å². The maximum Gasteiger partial charge on any atom is 0.338 e. The molecule has 2 rings (SSSR count). The highest BCUT2D eigenvalue weighted by Crippen LogP contribution is 2.31. The van der Waals surface area contributed by atoms with E-state index in [1.165, 1.54) is 0 Å². The maximum absolute atomic E-state index is 12.8. The van der Waals surface area contributed by atoms with Crippen LogP contribution < -0.4 is 10.6 Å². The number of allylic oxidation sites excluding steroid dienone is 1. The fourth-order valence-electron chi connectivity index (χ4n) is 3.00. The predicted molar refractivity (Wildman–Crippen MR) is 116 cm³/mol. The van der Waals surface area contributed by atoms with Crippen LogP contribution in [-0.2, 0) is 19.1 Å². The van der Waals surface area contributed by atoms with Crippen molar-refractivity contribution in [1.82, 2.24) is 10.2 Å². The first-order chi connectivity index (χ1) is 13.9. The molecule has 1 aliphatic heterocycles. The van der Waals surface area contributed by atoms with Gasteiger partial charge in [0.1, 0.15) is 6.61 Å². The van der Waals surface area contributed by atoms with Gasteiger partial charge in [-0.3, -0.25) is 4.79 Å². The van der Waals surface area contributed by atoms with Gasteiger partial charge in [-0.25, -0.2) is 4.79 Å². The van der Waals surface area contributed by atoms with Crippen molar-refractivity contribution >= 4 is 34.9 Å². The lowest BCUT2D eigenvalue weighted by Crippen LogP contribution is -2.46. The third-order valence-corrected chi connectivity index (χ3v) is 5.15. The molecule has 0 spiro atoms. The zero-order valence-corrected chi connectivity index (χ0v) is 18.2. The van der Waals surface area contributed by atoms with Crippen LogP contribution in [0.5, 0.6) is 0 Å². The summed E-state index contributed by atoms with van der Waals surface area (Å²) in [6.45, 7) is 4.37. The number of rotatable bonds is 9. The normalized spacial score (nSPS) is 16.5. The predicted octanol–water partition coefficient (Wildman–Crippen LogP) is 3.14. The Hall–Kier alpha value is -2.45. The minimum Gasteiger partial charge on any atom is -0.460 e. The monoisotopic (exact) mass is 419 g/mol. The Bertz CT molecular complexity index is 794. The smallest absolute Gasteiger partial charge is 0.338 e. The third-order valence-electron chi connectivity index (χ3n) is 4.76. The van der Waals surface area contributed by atoms with Crippen LogP contribution >= 0.6 is 12.2 Å². The average Bonchev–Trinajstić information content (AvgIpc) is 2.70. The summed E-state index contributed by atoms with van der Waals surface area (Å²) in [6.07, 6.45) is 2.28. The summed E-state index contributed by atoms with van der Waals surface area (Å²) < 4.78 is 10.3. The molecule has 1 aromatic rings. The van der Waals surface area contributed by atoms with Crippen molar-refractivity contribution in [3.63, 3.8) is 0 Å². The molecule has 0 unspecified atom stereocenters. The van der Waals surface area contributed by atoms with Crippen molar-refractivity contribution in [2.75, 3.05) is 32.7 Å². The van der Waals surface area contributed by atoms with Gasteiger partial charge in [0, 0.05) is 32.0 Å². The Morgan fingerprint density at radius 2 is 2.07 bits per heavy atom. The van der Waals surface area contributed by atoms with Crippen molar-refractivity contribution in [1.29, 1.82) is 0 Å². The summed E-state index contributed by atoms with van der Waals surface area (Å²) in [7, 11) is 3.35. The van der Waals surface area contributed by atoms with Gasteiger partial charge in [0.15, 0.2) is 5.11 Å². The first-order valence-electron chi connectivity index (χ1n) is 9.69. The SMILES string of the molecule is CCCCC(=O)Nc1cccc([C@@H]2NC(=S)N(C)C(C)=C2C(=O)OCCOC)c1. The number of anilines is 1. The van der Waals surface area contributed by atoms with Crippen LogP contribution in [0.25, 0.3) is 0 Å². The minimum atomic E-state index is -0.471. The molecule has 0 bridgehead atoms. The molecule has 1 heterocycles. The number of hydrogen-bond acceptors (Lipinski definition) is 5. The number of nitrogens with one attached hydrogen (secondary N) is 2. The molecule has 0 saturated heterocycles. The minimum absolute atomic E-state index is 0.0261. The summed E-state index contributed by atoms with van der Waals surface area (Å²) >= 11 is 5.42. The third kappa shape index (κ3) is 6.01. The molecule has 0 aliphatic carbocycles. The molecule has 0 aromatic heterocycles. The van der Waals surface area contributed by atoms with E-state index in [-0.39, 0.29) is 12.5 Å². The largest absolute Gasteiger partial charge is 0.460 e. The van der Waals surface area contributed by atoms with Crippen molar-refractivity contribution in [3.05, 3.63) is 41.1 Å². The number of hydrogen-bond donors (Lipinski definition) is 2. The number of thiocarbonyl (C=S) groups is 1. The molecule has 8 heteroatoms.